The van der Waals surface area contributed by atoms with E-state index in [9.17, 15) is 0 Å². The molecule has 0 spiro atoms. The largest absolute Gasteiger partial charge is 0.368 e. The molecule has 0 N–H and O–H groups in total. The molecule has 2 nitrogen and oxygen atoms in total. The lowest BCUT2D eigenvalue weighted by Gasteiger charge is -2.38. The van der Waals surface area contributed by atoms with Gasteiger partial charge in [0, 0.05) is 46.5 Å². The first-order chi connectivity index (χ1) is 12.2. The van der Waals surface area contributed by atoms with Crippen molar-refractivity contribution in [3.8, 4) is 0 Å². The monoisotopic (exact) mass is 466 g/mol. The molecule has 2 heterocycles. The highest BCUT2D eigenvalue weighted by atomic mass is 127. The van der Waals surface area contributed by atoms with Gasteiger partial charge in [0.15, 0.2) is 0 Å². The van der Waals surface area contributed by atoms with Crippen molar-refractivity contribution in [2.24, 2.45) is 0 Å². The molecule has 25 heavy (non-hydrogen) atoms. The van der Waals surface area contributed by atoms with Crippen molar-refractivity contribution < 1.29 is 0 Å². The van der Waals surface area contributed by atoms with Crippen LogP contribution in [0.3, 0.4) is 0 Å². The predicted octanol–water partition coefficient (Wildman–Crippen LogP) is 5.01. The van der Waals surface area contributed by atoms with E-state index in [1.165, 1.54) is 59.3 Å². The van der Waals surface area contributed by atoms with Gasteiger partial charge in [-0.25, -0.2) is 0 Å². The van der Waals surface area contributed by atoms with E-state index in [2.05, 4.69) is 68.8 Å². The fraction of sp³-hybridized carbons (Fsp3) is 0.429. The van der Waals surface area contributed by atoms with Crippen molar-refractivity contribution in [1.29, 1.82) is 0 Å². The zero-order valence-electron chi connectivity index (χ0n) is 14.4. The molecule has 2 aliphatic heterocycles. The smallest absolute Gasteiger partial charge is 0.0408 e. The molecule has 4 rings (SSSR count). The number of nitrogens with zero attached hydrogens (tertiary/aromatic N) is 2. The minimum atomic E-state index is 0.712. The zero-order valence-corrected chi connectivity index (χ0v) is 17.3. The molecular weight excluding hydrogens is 443 g/mol. The Morgan fingerprint density at radius 1 is 1.04 bits per heavy atom. The van der Waals surface area contributed by atoms with Crippen LogP contribution in [0.25, 0.3) is 0 Å². The molecule has 2 aliphatic rings. The summed E-state index contributed by atoms with van der Waals surface area (Å²) in [7, 11) is 0. The van der Waals surface area contributed by atoms with Gasteiger partial charge in [0.1, 0.15) is 0 Å². The third-order valence-electron chi connectivity index (χ3n) is 5.58. The van der Waals surface area contributed by atoms with Crippen LogP contribution < -0.4 is 4.90 Å². The van der Waals surface area contributed by atoms with Crippen molar-refractivity contribution in [3.63, 3.8) is 0 Å². The van der Waals surface area contributed by atoms with E-state index < -0.39 is 0 Å². The van der Waals surface area contributed by atoms with E-state index in [0.29, 0.717) is 6.04 Å². The fourth-order valence-electron chi connectivity index (χ4n) is 4.21. The molecule has 2 aromatic rings. The first-order valence-corrected chi connectivity index (χ1v) is 10.7. The zero-order chi connectivity index (χ0) is 17.2. The minimum absolute atomic E-state index is 0.712. The van der Waals surface area contributed by atoms with E-state index in [0.717, 1.165) is 18.0 Å². The Morgan fingerprint density at radius 2 is 1.88 bits per heavy atom. The molecule has 0 unspecified atom stereocenters. The highest BCUT2D eigenvalue weighted by molar-refractivity contribution is 14.1. The average Bonchev–Trinajstić information content (AvgIpc) is 3.03. The maximum absolute atomic E-state index is 6.09. The summed E-state index contributed by atoms with van der Waals surface area (Å²) in [6.45, 7) is 4.76. The van der Waals surface area contributed by atoms with Crippen molar-refractivity contribution in [2.45, 2.75) is 31.7 Å². The molecule has 0 aliphatic carbocycles. The molecule has 1 saturated heterocycles. The lowest BCUT2D eigenvalue weighted by molar-refractivity contribution is 0.212. The summed E-state index contributed by atoms with van der Waals surface area (Å²) >= 11 is 8.51. The second-order valence-electron chi connectivity index (χ2n) is 7.17. The average molecular weight is 467 g/mol. The normalized spacial score (nSPS) is 18.6. The van der Waals surface area contributed by atoms with Gasteiger partial charge in [0.05, 0.1) is 0 Å². The van der Waals surface area contributed by atoms with Crippen molar-refractivity contribution in [1.82, 2.24) is 4.90 Å². The van der Waals surface area contributed by atoms with Crippen LogP contribution in [0.5, 0.6) is 0 Å². The SMILES string of the molecule is Clc1cccc(CCN2CCC(N3CCc4cc(I)ccc43)CC2)c1. The summed E-state index contributed by atoms with van der Waals surface area (Å²) in [4.78, 5) is 5.28. The molecule has 0 bridgehead atoms. The van der Waals surface area contributed by atoms with Gasteiger partial charge in [-0.3, -0.25) is 0 Å². The molecule has 2 aromatic carbocycles. The number of hydrogen-bond donors (Lipinski definition) is 0. The van der Waals surface area contributed by atoms with E-state index in [1.54, 1.807) is 0 Å². The van der Waals surface area contributed by atoms with Crippen LogP contribution in [0.15, 0.2) is 42.5 Å². The second kappa shape index (κ2) is 7.85. The Labute approximate surface area is 169 Å². The standard InChI is InChI=1S/C21H24ClIN2/c22-18-3-1-2-16(14-18)6-10-24-11-8-20(9-12-24)25-13-7-17-15-19(23)4-5-21(17)25/h1-5,14-15,20H,6-13H2. The van der Waals surface area contributed by atoms with Gasteiger partial charge in [-0.05, 0) is 89.7 Å². The summed E-state index contributed by atoms with van der Waals surface area (Å²) < 4.78 is 1.36. The number of halogens is 2. The van der Waals surface area contributed by atoms with Gasteiger partial charge >= 0.3 is 0 Å². The number of likely N-dealkylation sites (tertiary alicyclic amines) is 1. The first-order valence-electron chi connectivity index (χ1n) is 9.21. The lowest BCUT2D eigenvalue weighted by atomic mass is 10.0. The molecular formula is C21H24ClIN2. The van der Waals surface area contributed by atoms with Crippen LogP contribution >= 0.6 is 34.2 Å². The topological polar surface area (TPSA) is 6.48 Å². The molecule has 0 saturated carbocycles. The van der Waals surface area contributed by atoms with Gasteiger partial charge in [0.2, 0.25) is 0 Å². The number of hydrogen-bond acceptors (Lipinski definition) is 2. The van der Waals surface area contributed by atoms with Crippen LogP contribution in [-0.2, 0) is 12.8 Å². The summed E-state index contributed by atoms with van der Waals surface area (Å²) in [5.74, 6) is 0. The summed E-state index contributed by atoms with van der Waals surface area (Å²) in [5.41, 5.74) is 4.37. The molecule has 4 heteroatoms. The lowest BCUT2D eigenvalue weighted by Crippen LogP contribution is -2.44. The molecule has 1 fully saturated rings. The molecule has 0 radical (unpaired) electrons. The van der Waals surface area contributed by atoms with E-state index >= 15 is 0 Å². The molecule has 0 amide bonds. The Bertz CT molecular complexity index is 740. The summed E-state index contributed by atoms with van der Waals surface area (Å²) in [5, 5.41) is 0.846. The van der Waals surface area contributed by atoms with Gasteiger partial charge in [-0.1, -0.05) is 23.7 Å². The number of anilines is 1. The third-order valence-corrected chi connectivity index (χ3v) is 6.48. The van der Waals surface area contributed by atoms with E-state index in [1.807, 2.05) is 6.07 Å². The highest BCUT2D eigenvalue weighted by Crippen LogP contribution is 2.33. The fourth-order valence-corrected chi connectivity index (χ4v) is 4.98. The van der Waals surface area contributed by atoms with Crippen LogP contribution in [0.1, 0.15) is 24.0 Å². The quantitative estimate of drug-likeness (QED) is 0.584. The van der Waals surface area contributed by atoms with Crippen molar-refractivity contribution in [2.75, 3.05) is 31.1 Å². The Hall–Kier alpha value is -0.780. The van der Waals surface area contributed by atoms with Gasteiger partial charge < -0.3 is 9.80 Å². The molecule has 0 aromatic heterocycles. The summed E-state index contributed by atoms with van der Waals surface area (Å²) in [6.07, 6.45) is 4.86. The minimum Gasteiger partial charge on any atom is -0.368 e. The van der Waals surface area contributed by atoms with Crippen molar-refractivity contribution >= 4 is 39.9 Å². The number of benzene rings is 2. The Kier molecular flexibility index (Phi) is 5.53. The Balaban J connectivity index is 1.31. The number of rotatable bonds is 4. The van der Waals surface area contributed by atoms with E-state index in [-0.39, 0.29) is 0 Å². The maximum Gasteiger partial charge on any atom is 0.0408 e. The van der Waals surface area contributed by atoms with Crippen LogP contribution in [0, 0.1) is 3.57 Å². The van der Waals surface area contributed by atoms with Crippen LogP contribution in [0.2, 0.25) is 5.02 Å². The third kappa shape index (κ3) is 4.15. The van der Waals surface area contributed by atoms with Gasteiger partial charge in [0.25, 0.3) is 0 Å². The van der Waals surface area contributed by atoms with Gasteiger partial charge in [-0.15, -0.1) is 0 Å². The first kappa shape index (κ1) is 17.6. The Morgan fingerprint density at radius 3 is 2.68 bits per heavy atom. The number of fused-ring (bicyclic) bond motifs is 1. The van der Waals surface area contributed by atoms with Gasteiger partial charge in [-0.2, -0.15) is 0 Å². The van der Waals surface area contributed by atoms with E-state index in [4.69, 9.17) is 11.6 Å². The van der Waals surface area contributed by atoms with Crippen molar-refractivity contribution in [3.05, 3.63) is 62.2 Å². The predicted molar refractivity (Wildman–Crippen MR) is 115 cm³/mol. The highest BCUT2D eigenvalue weighted by Gasteiger charge is 2.29. The van der Waals surface area contributed by atoms with Crippen LogP contribution in [0.4, 0.5) is 5.69 Å². The molecule has 0 atom stereocenters. The number of piperidine rings is 1. The molecule has 132 valence electrons. The van der Waals surface area contributed by atoms with Crippen LogP contribution in [-0.4, -0.2) is 37.1 Å². The maximum atomic E-state index is 6.09. The second-order valence-corrected chi connectivity index (χ2v) is 8.85. The summed E-state index contributed by atoms with van der Waals surface area (Å²) in [6, 6.07) is 15.9.